The molecule has 32 heavy (non-hydrogen) atoms. The van der Waals surface area contributed by atoms with Gasteiger partial charge in [0, 0.05) is 31.6 Å². The lowest BCUT2D eigenvalue weighted by atomic mass is 9.93. The van der Waals surface area contributed by atoms with Crippen molar-refractivity contribution in [1.29, 1.82) is 0 Å². The molecule has 5 rings (SSSR count). The Morgan fingerprint density at radius 3 is 2.75 bits per heavy atom. The molecule has 6 atom stereocenters. The van der Waals surface area contributed by atoms with Crippen molar-refractivity contribution in [2.75, 3.05) is 23.8 Å². The summed E-state index contributed by atoms with van der Waals surface area (Å²) in [4.78, 5) is 12.7. The minimum Gasteiger partial charge on any atom is -0.393 e. The number of halogens is 3. The lowest BCUT2D eigenvalue weighted by molar-refractivity contribution is 0.126. The molecule has 3 N–H and O–H groups in total. The van der Waals surface area contributed by atoms with Crippen molar-refractivity contribution in [3.8, 4) is 0 Å². The minimum atomic E-state index is -2.67. The first-order chi connectivity index (χ1) is 17.8. The van der Waals surface area contributed by atoms with Gasteiger partial charge >= 0.3 is 0 Å². The van der Waals surface area contributed by atoms with Crippen LogP contribution in [-0.4, -0.2) is 50.0 Å². The SMILES string of the molecule is [2H]C1C(O)C([2H])([2H])C([2H])C([2H])(Nc2ncc3nc(Nc4c(F)cc(F)cc4F)n(C4CCOC4)c3n2)C1[2H]. The molecule has 1 aliphatic carbocycles. The number of nitrogens with one attached hydrogen (secondary N) is 2. The van der Waals surface area contributed by atoms with E-state index in [1.807, 2.05) is 0 Å². The Kier molecular flexibility index (Phi) is 4.01. The van der Waals surface area contributed by atoms with Gasteiger partial charge in [0.15, 0.2) is 17.3 Å². The average Bonchev–Trinajstić information content (AvgIpc) is 3.50. The third-order valence-electron chi connectivity index (χ3n) is 5.07. The number of fused-ring (bicyclic) bond motifs is 1. The number of nitrogens with zero attached hydrogens (tertiary/aromatic N) is 4. The van der Waals surface area contributed by atoms with Crippen LogP contribution < -0.4 is 10.6 Å². The van der Waals surface area contributed by atoms with Crippen molar-refractivity contribution in [3.05, 3.63) is 35.8 Å². The van der Waals surface area contributed by atoms with Crippen LogP contribution in [0.2, 0.25) is 0 Å². The summed E-state index contributed by atoms with van der Waals surface area (Å²) in [5.74, 6) is -3.80. The molecule has 2 aromatic heterocycles. The molecule has 3 heterocycles. The van der Waals surface area contributed by atoms with E-state index in [9.17, 15) is 18.3 Å². The fourth-order valence-electron chi connectivity index (χ4n) is 3.56. The van der Waals surface area contributed by atoms with E-state index in [4.69, 9.17) is 13.0 Å². The average molecular weight is 454 g/mol. The smallest absolute Gasteiger partial charge is 0.224 e. The molecule has 1 saturated heterocycles. The maximum atomic E-state index is 14.4. The molecule has 2 aliphatic rings. The van der Waals surface area contributed by atoms with E-state index in [0.717, 1.165) is 0 Å². The summed E-state index contributed by atoms with van der Waals surface area (Å²) in [6.07, 6.45) is -8.34. The van der Waals surface area contributed by atoms with Crippen LogP contribution in [0.3, 0.4) is 0 Å². The Morgan fingerprint density at radius 2 is 2.00 bits per heavy atom. The van der Waals surface area contributed by atoms with Crippen molar-refractivity contribution >= 4 is 28.7 Å². The van der Waals surface area contributed by atoms with Gasteiger partial charge in [0.05, 0.1) is 26.3 Å². The molecule has 6 unspecified atom stereocenters. The Hall–Kier alpha value is -2.92. The first kappa shape index (κ1) is 15.0. The maximum absolute atomic E-state index is 14.4. The summed E-state index contributed by atoms with van der Waals surface area (Å²) >= 11 is 0. The van der Waals surface area contributed by atoms with Crippen molar-refractivity contribution in [1.82, 2.24) is 19.5 Å². The Bertz CT molecular complexity index is 1360. The molecule has 3 aromatic rings. The number of imidazole rings is 1. The Morgan fingerprint density at radius 1 is 1.19 bits per heavy atom. The Labute approximate surface area is 190 Å². The quantitative estimate of drug-likeness (QED) is 0.541. The lowest BCUT2D eigenvalue weighted by Gasteiger charge is -2.26. The van der Waals surface area contributed by atoms with Crippen LogP contribution in [-0.2, 0) is 4.74 Å². The first-order valence-electron chi connectivity index (χ1n) is 13.0. The van der Waals surface area contributed by atoms with Crippen LogP contribution >= 0.6 is 0 Å². The number of hydrogen-bond donors (Lipinski definition) is 3. The highest BCUT2D eigenvalue weighted by atomic mass is 19.1. The summed E-state index contributed by atoms with van der Waals surface area (Å²) in [5, 5.41) is 15.1. The number of ether oxygens (including phenoxy) is 1. The van der Waals surface area contributed by atoms with Gasteiger partial charge in [-0.3, -0.25) is 4.57 Å². The molecule has 0 amide bonds. The molecule has 2 fully saturated rings. The summed E-state index contributed by atoms with van der Waals surface area (Å²) < 4.78 is 98.3. The highest BCUT2D eigenvalue weighted by Gasteiger charge is 2.27. The topological polar surface area (TPSA) is 97.1 Å². The van der Waals surface area contributed by atoms with Crippen LogP contribution in [0.25, 0.3) is 11.2 Å². The zero-order chi connectivity index (χ0) is 27.6. The monoisotopic (exact) mass is 454 g/mol. The number of aromatic nitrogens is 4. The van der Waals surface area contributed by atoms with Crippen LogP contribution in [0.1, 0.15) is 46.3 Å². The third-order valence-corrected chi connectivity index (χ3v) is 5.07. The second-order valence-electron chi connectivity index (χ2n) is 7.29. The van der Waals surface area contributed by atoms with E-state index >= 15 is 0 Å². The lowest BCUT2D eigenvalue weighted by Crippen LogP contribution is -2.29. The fraction of sp³-hybridized carbons (Fsp3) is 0.476. The van der Waals surface area contributed by atoms with Crippen molar-refractivity contribution in [3.63, 3.8) is 0 Å². The largest absolute Gasteiger partial charge is 0.393 e. The van der Waals surface area contributed by atoms with Gasteiger partial charge in [0.25, 0.3) is 0 Å². The fourth-order valence-corrected chi connectivity index (χ4v) is 3.56. The number of benzene rings is 1. The predicted molar refractivity (Wildman–Crippen MR) is 111 cm³/mol. The molecule has 170 valence electrons. The summed E-state index contributed by atoms with van der Waals surface area (Å²) in [7, 11) is 0. The van der Waals surface area contributed by atoms with E-state index in [2.05, 4.69) is 25.6 Å². The number of aliphatic hydroxyl groups is 1. The van der Waals surface area contributed by atoms with Crippen molar-refractivity contribution in [2.24, 2.45) is 0 Å². The second-order valence-corrected chi connectivity index (χ2v) is 7.29. The molecule has 0 spiro atoms. The van der Waals surface area contributed by atoms with Crippen LogP contribution in [0, 0.1) is 17.5 Å². The van der Waals surface area contributed by atoms with Gasteiger partial charge in [-0.05, 0) is 32.0 Å². The standard InChI is InChI=1S/C21H23F3N6O2/c22-11-7-15(23)18(16(24)8-11)28-21-27-17-9-25-20(26-12-1-3-14(31)4-2-12)29-19(17)30(21)13-5-6-32-10-13/h7-9,12-14,31H,1-6,10H2,(H,27,28)(H,25,26,29)/i1D,2D,3D,4D2,12D. The molecular weight excluding hydrogens is 425 g/mol. The third kappa shape index (κ3) is 4.09. The predicted octanol–water partition coefficient (Wildman–Crippen LogP) is 3.66. The van der Waals surface area contributed by atoms with E-state index in [1.54, 1.807) is 0 Å². The van der Waals surface area contributed by atoms with Crippen molar-refractivity contribution < 1.29 is 31.2 Å². The molecule has 1 aliphatic heterocycles. The van der Waals surface area contributed by atoms with Crippen molar-refractivity contribution in [2.45, 2.75) is 50.1 Å². The summed E-state index contributed by atoms with van der Waals surface area (Å²) in [5.41, 5.74) is -0.335. The zero-order valence-corrected chi connectivity index (χ0v) is 16.5. The normalized spacial score (nSPS) is 37.1. The molecular formula is C21H23F3N6O2. The van der Waals surface area contributed by atoms with Gasteiger partial charge in [-0.1, -0.05) is 0 Å². The van der Waals surface area contributed by atoms with E-state index in [-0.39, 0.29) is 35.7 Å². The zero-order valence-electron chi connectivity index (χ0n) is 22.5. The van der Waals surface area contributed by atoms with Gasteiger partial charge < -0.3 is 20.5 Å². The highest BCUT2D eigenvalue weighted by Crippen LogP contribution is 2.32. The Balaban J connectivity index is 1.56. The molecule has 1 aromatic carbocycles. The van der Waals surface area contributed by atoms with Gasteiger partial charge in [-0.25, -0.2) is 23.1 Å². The van der Waals surface area contributed by atoms with Crippen LogP contribution in [0.5, 0.6) is 0 Å². The van der Waals surface area contributed by atoms with Gasteiger partial charge in [0.1, 0.15) is 17.0 Å². The maximum Gasteiger partial charge on any atom is 0.224 e. The van der Waals surface area contributed by atoms with Gasteiger partial charge in [0.2, 0.25) is 11.9 Å². The van der Waals surface area contributed by atoms with Gasteiger partial charge in [-0.15, -0.1) is 0 Å². The number of anilines is 3. The first-order valence-corrected chi connectivity index (χ1v) is 9.82. The number of hydrogen-bond acceptors (Lipinski definition) is 7. The molecule has 0 radical (unpaired) electrons. The number of rotatable bonds is 5. The van der Waals surface area contributed by atoms with E-state index in [0.29, 0.717) is 25.2 Å². The van der Waals surface area contributed by atoms with Crippen LogP contribution in [0.15, 0.2) is 18.3 Å². The van der Waals surface area contributed by atoms with E-state index in [1.165, 1.54) is 10.8 Å². The molecule has 8 nitrogen and oxygen atoms in total. The minimum absolute atomic E-state index is 0.0491. The summed E-state index contributed by atoms with van der Waals surface area (Å²) in [6.45, 7) is 0.601. The molecule has 11 heteroatoms. The summed E-state index contributed by atoms with van der Waals surface area (Å²) in [6, 6.07) is -1.77. The van der Waals surface area contributed by atoms with Gasteiger partial charge in [-0.2, -0.15) is 4.98 Å². The highest BCUT2D eigenvalue weighted by molar-refractivity contribution is 5.76. The number of aliphatic hydroxyl groups excluding tert-OH is 1. The van der Waals surface area contributed by atoms with E-state index < -0.39 is 60.8 Å². The molecule has 0 bridgehead atoms. The second kappa shape index (κ2) is 8.55. The molecule has 1 saturated carbocycles. The van der Waals surface area contributed by atoms with Crippen LogP contribution in [0.4, 0.5) is 30.8 Å².